The molecule has 1 heterocycles. The van der Waals surface area contributed by atoms with Gasteiger partial charge in [-0.2, -0.15) is 0 Å². The lowest BCUT2D eigenvalue weighted by Crippen LogP contribution is -2.16. The van der Waals surface area contributed by atoms with Gasteiger partial charge in [-0.15, -0.1) is 5.54 Å². The van der Waals surface area contributed by atoms with Gasteiger partial charge in [-0.25, -0.2) is 0 Å². The number of aromatic nitrogens is 1. The Kier molecular flexibility index (Phi) is 6.43. The minimum absolute atomic E-state index is 0.364. The van der Waals surface area contributed by atoms with Crippen LogP contribution in [-0.4, -0.2) is 26.9 Å². The fourth-order valence-electron chi connectivity index (χ4n) is 3.47. The standard InChI is InChI=1S/C26H31NO2Si/c1-19(2)21-18-20(15-17-30(5,6)7)13-14-22(21)27-16-9-10-23(27)26-24(28-3)11-8-12-25(26)29-4/h8-14,16,18-19H,1-7H3. The van der Waals surface area contributed by atoms with Crippen LogP contribution in [0.15, 0.2) is 54.7 Å². The molecule has 3 rings (SSSR count). The van der Waals surface area contributed by atoms with Crippen molar-refractivity contribution in [3.63, 3.8) is 0 Å². The zero-order valence-electron chi connectivity index (χ0n) is 19.0. The van der Waals surface area contributed by atoms with Crippen molar-refractivity contribution < 1.29 is 9.47 Å². The Hall–Kier alpha value is -2.90. The van der Waals surface area contributed by atoms with Crippen LogP contribution in [0.2, 0.25) is 19.6 Å². The second-order valence-corrected chi connectivity index (χ2v) is 13.5. The van der Waals surface area contributed by atoms with Crippen molar-refractivity contribution in [3.8, 4) is 39.9 Å². The predicted molar refractivity (Wildman–Crippen MR) is 129 cm³/mol. The van der Waals surface area contributed by atoms with E-state index in [4.69, 9.17) is 9.47 Å². The third kappa shape index (κ3) is 4.63. The highest BCUT2D eigenvalue weighted by Gasteiger charge is 2.18. The Morgan fingerprint density at radius 1 is 0.900 bits per heavy atom. The quantitative estimate of drug-likeness (QED) is 0.349. The fourth-order valence-corrected chi connectivity index (χ4v) is 3.99. The van der Waals surface area contributed by atoms with E-state index in [-0.39, 0.29) is 0 Å². The molecule has 0 N–H and O–H groups in total. The van der Waals surface area contributed by atoms with Crippen molar-refractivity contribution >= 4 is 8.07 Å². The second kappa shape index (κ2) is 8.85. The first-order valence-corrected chi connectivity index (χ1v) is 13.8. The maximum Gasteiger partial charge on any atom is 0.131 e. The van der Waals surface area contributed by atoms with Crippen molar-refractivity contribution in [2.45, 2.75) is 39.4 Å². The first kappa shape index (κ1) is 21.8. The van der Waals surface area contributed by atoms with Gasteiger partial charge in [0, 0.05) is 17.4 Å². The van der Waals surface area contributed by atoms with Crippen LogP contribution in [0, 0.1) is 11.5 Å². The molecule has 0 bridgehead atoms. The van der Waals surface area contributed by atoms with Crippen LogP contribution in [0.3, 0.4) is 0 Å². The molecule has 0 radical (unpaired) electrons. The molecule has 4 heteroatoms. The van der Waals surface area contributed by atoms with Crippen LogP contribution in [0.25, 0.3) is 16.9 Å². The third-order valence-electron chi connectivity index (χ3n) is 4.92. The van der Waals surface area contributed by atoms with Crippen LogP contribution in [0.1, 0.15) is 30.9 Å². The van der Waals surface area contributed by atoms with Crippen molar-refractivity contribution in [3.05, 3.63) is 65.9 Å². The Bertz CT molecular complexity index is 1070. The van der Waals surface area contributed by atoms with Gasteiger partial charge in [-0.05, 0) is 53.9 Å². The lowest BCUT2D eigenvalue weighted by Gasteiger charge is -2.19. The average Bonchev–Trinajstić information content (AvgIpc) is 3.19. The molecule has 0 fully saturated rings. The zero-order chi connectivity index (χ0) is 21.9. The molecule has 2 aromatic carbocycles. The summed E-state index contributed by atoms with van der Waals surface area (Å²) in [5, 5.41) is 0. The number of methoxy groups -OCH3 is 2. The molecule has 0 aliphatic rings. The maximum atomic E-state index is 5.66. The summed E-state index contributed by atoms with van der Waals surface area (Å²) in [5.74, 6) is 5.34. The Balaban J connectivity index is 2.18. The molecule has 0 atom stereocenters. The van der Waals surface area contributed by atoms with Gasteiger partial charge >= 0.3 is 0 Å². The second-order valence-electron chi connectivity index (χ2n) is 8.73. The summed E-state index contributed by atoms with van der Waals surface area (Å²) in [4.78, 5) is 0. The molecular formula is C26H31NO2Si. The largest absolute Gasteiger partial charge is 0.496 e. The number of nitrogens with zero attached hydrogens (tertiary/aromatic N) is 1. The molecule has 0 saturated carbocycles. The normalized spacial score (nSPS) is 11.2. The van der Waals surface area contributed by atoms with Gasteiger partial charge in [0.1, 0.15) is 19.6 Å². The van der Waals surface area contributed by atoms with Crippen LogP contribution >= 0.6 is 0 Å². The van der Waals surface area contributed by atoms with E-state index in [9.17, 15) is 0 Å². The van der Waals surface area contributed by atoms with E-state index in [1.54, 1.807) is 14.2 Å². The monoisotopic (exact) mass is 417 g/mol. The molecule has 0 spiro atoms. The molecule has 30 heavy (non-hydrogen) atoms. The van der Waals surface area contributed by atoms with Crippen LogP contribution < -0.4 is 9.47 Å². The molecule has 3 nitrogen and oxygen atoms in total. The van der Waals surface area contributed by atoms with Crippen LogP contribution in [0.5, 0.6) is 11.5 Å². The van der Waals surface area contributed by atoms with E-state index in [1.165, 1.54) is 5.56 Å². The van der Waals surface area contributed by atoms with E-state index >= 15 is 0 Å². The molecular weight excluding hydrogens is 386 g/mol. The summed E-state index contributed by atoms with van der Waals surface area (Å²) >= 11 is 0. The van der Waals surface area contributed by atoms with Gasteiger partial charge in [0.05, 0.1) is 25.5 Å². The van der Waals surface area contributed by atoms with E-state index in [2.05, 4.69) is 86.0 Å². The lowest BCUT2D eigenvalue weighted by atomic mass is 9.98. The number of benzene rings is 2. The minimum atomic E-state index is -1.42. The van der Waals surface area contributed by atoms with E-state index in [1.807, 2.05) is 18.2 Å². The lowest BCUT2D eigenvalue weighted by molar-refractivity contribution is 0.397. The topological polar surface area (TPSA) is 23.4 Å². The highest BCUT2D eigenvalue weighted by Crippen LogP contribution is 2.40. The smallest absolute Gasteiger partial charge is 0.131 e. The zero-order valence-corrected chi connectivity index (χ0v) is 20.0. The molecule has 0 unspecified atom stereocenters. The molecule has 0 saturated heterocycles. The molecule has 3 aromatic rings. The summed E-state index contributed by atoms with van der Waals surface area (Å²) in [6, 6.07) is 16.6. The van der Waals surface area contributed by atoms with Gasteiger partial charge in [-0.3, -0.25) is 0 Å². The van der Waals surface area contributed by atoms with Gasteiger partial charge in [0.25, 0.3) is 0 Å². The van der Waals surface area contributed by atoms with Crippen molar-refractivity contribution in [1.29, 1.82) is 0 Å². The summed E-state index contributed by atoms with van der Waals surface area (Å²) in [6.07, 6.45) is 2.09. The number of rotatable bonds is 5. The highest BCUT2D eigenvalue weighted by atomic mass is 28.3. The predicted octanol–water partition coefficient (Wildman–Crippen LogP) is 6.51. The van der Waals surface area contributed by atoms with Gasteiger partial charge in [-0.1, -0.05) is 45.5 Å². The summed E-state index contributed by atoms with van der Waals surface area (Å²) in [5.41, 5.74) is 8.95. The first-order valence-electron chi connectivity index (χ1n) is 10.3. The Morgan fingerprint density at radius 2 is 1.57 bits per heavy atom. The fraction of sp³-hybridized carbons (Fsp3) is 0.308. The average molecular weight is 418 g/mol. The van der Waals surface area contributed by atoms with E-state index in [0.29, 0.717) is 5.92 Å². The number of hydrogen-bond acceptors (Lipinski definition) is 2. The van der Waals surface area contributed by atoms with Crippen molar-refractivity contribution in [2.75, 3.05) is 14.2 Å². The summed E-state index contributed by atoms with van der Waals surface area (Å²) in [6.45, 7) is 11.3. The van der Waals surface area contributed by atoms with Crippen LogP contribution in [0.4, 0.5) is 0 Å². The van der Waals surface area contributed by atoms with Gasteiger partial charge < -0.3 is 14.0 Å². The maximum absolute atomic E-state index is 5.66. The van der Waals surface area contributed by atoms with Crippen molar-refractivity contribution in [1.82, 2.24) is 4.57 Å². The molecule has 0 aliphatic heterocycles. The summed E-state index contributed by atoms with van der Waals surface area (Å²) in [7, 11) is 1.96. The Morgan fingerprint density at radius 3 is 2.13 bits per heavy atom. The van der Waals surface area contributed by atoms with Crippen LogP contribution in [-0.2, 0) is 0 Å². The van der Waals surface area contributed by atoms with E-state index in [0.717, 1.165) is 34.0 Å². The van der Waals surface area contributed by atoms with E-state index < -0.39 is 8.07 Å². The summed E-state index contributed by atoms with van der Waals surface area (Å²) < 4.78 is 13.5. The highest BCUT2D eigenvalue weighted by molar-refractivity contribution is 6.83. The molecule has 1 aromatic heterocycles. The van der Waals surface area contributed by atoms with Crippen molar-refractivity contribution in [2.24, 2.45) is 0 Å². The number of hydrogen-bond donors (Lipinski definition) is 0. The van der Waals surface area contributed by atoms with Gasteiger partial charge in [0.2, 0.25) is 0 Å². The molecule has 0 aliphatic carbocycles. The third-order valence-corrected chi connectivity index (χ3v) is 5.80. The Labute approximate surface area is 181 Å². The number of ether oxygens (including phenoxy) is 2. The molecule has 0 amide bonds. The van der Waals surface area contributed by atoms with Gasteiger partial charge in [0.15, 0.2) is 0 Å². The minimum Gasteiger partial charge on any atom is -0.496 e. The first-order chi connectivity index (χ1) is 14.2. The molecule has 156 valence electrons. The SMILES string of the molecule is COc1cccc(OC)c1-c1cccn1-c1ccc(C#C[Si](C)(C)C)cc1C(C)C.